The van der Waals surface area contributed by atoms with Crippen LogP contribution in [0.3, 0.4) is 0 Å². The summed E-state index contributed by atoms with van der Waals surface area (Å²) in [5.74, 6) is -0.0608. The Bertz CT molecular complexity index is 1150. The molecule has 0 fully saturated rings. The van der Waals surface area contributed by atoms with Crippen molar-refractivity contribution in [1.82, 2.24) is 5.32 Å². The summed E-state index contributed by atoms with van der Waals surface area (Å²) in [6.07, 6.45) is 79.5. The lowest BCUT2D eigenvalue weighted by Crippen LogP contribution is -2.45. The van der Waals surface area contributed by atoms with Crippen LogP contribution in [0.25, 0.3) is 0 Å². The number of unbranched alkanes of at least 4 members (excludes halogenated alkanes) is 50. The summed E-state index contributed by atoms with van der Waals surface area (Å²) in [7, 11) is 0. The third-order valence-corrected chi connectivity index (χ3v) is 15.7. The molecule has 0 aliphatic heterocycles. The van der Waals surface area contributed by atoms with Crippen LogP contribution in [0.4, 0.5) is 0 Å². The molecule has 3 N–H and O–H groups in total. The van der Waals surface area contributed by atoms with Crippen molar-refractivity contribution in [2.75, 3.05) is 13.2 Å². The summed E-state index contributed by atoms with van der Waals surface area (Å²) in [5.41, 5.74) is 0. The fourth-order valence-corrected chi connectivity index (χ4v) is 10.6. The van der Waals surface area contributed by atoms with E-state index in [-0.39, 0.29) is 18.5 Å². The summed E-state index contributed by atoms with van der Waals surface area (Å²) in [6, 6.07) is -0.629. The summed E-state index contributed by atoms with van der Waals surface area (Å²) in [4.78, 5) is 24.6. The number of hydrogen-bond donors (Lipinski definition) is 3. The van der Waals surface area contributed by atoms with Gasteiger partial charge in [-0.15, -0.1) is 0 Å². The Kier molecular flexibility index (Phi) is 62.4. The number of carbonyl (C=O) groups excluding carboxylic acids is 2. The van der Waals surface area contributed by atoms with Gasteiger partial charge in [-0.3, -0.25) is 9.59 Å². The molecule has 0 aliphatic rings. The molecule has 0 heterocycles. The molecule has 0 aliphatic carbocycles. The minimum absolute atomic E-state index is 0.00475. The SMILES string of the molecule is CCCCCCCCC/C=C\CCCCCCCC(=O)OCCCCCCCCCCCCCCCCCCCCCCCC(=O)NC(CO)C(O)/C=C/CCCCCCCCCCCCCCCCCCCC. The molecule has 6 heteroatoms. The molecular weight excluding hydrogens is 911 g/mol. The first-order valence-corrected chi connectivity index (χ1v) is 33.6. The number of allylic oxidation sites excluding steroid dienone is 3. The third-order valence-electron chi connectivity index (χ3n) is 15.7. The van der Waals surface area contributed by atoms with Gasteiger partial charge in [-0.2, -0.15) is 0 Å². The average Bonchev–Trinajstić information content (AvgIpc) is 3.40. The highest BCUT2D eigenvalue weighted by atomic mass is 16.5. The van der Waals surface area contributed by atoms with E-state index < -0.39 is 12.1 Å². The predicted molar refractivity (Wildman–Crippen MR) is 324 cm³/mol. The van der Waals surface area contributed by atoms with Gasteiger partial charge in [-0.1, -0.05) is 327 Å². The summed E-state index contributed by atoms with van der Waals surface area (Å²) in [6.45, 7) is 4.93. The van der Waals surface area contributed by atoms with Gasteiger partial charge in [-0.05, 0) is 57.8 Å². The highest BCUT2D eigenvalue weighted by molar-refractivity contribution is 5.76. The predicted octanol–water partition coefficient (Wildman–Crippen LogP) is 21.4. The molecule has 0 aromatic heterocycles. The highest BCUT2D eigenvalue weighted by Gasteiger charge is 2.18. The quantitative estimate of drug-likeness (QED) is 0.0320. The molecule has 6 nitrogen and oxygen atoms in total. The molecule has 0 bridgehead atoms. The van der Waals surface area contributed by atoms with Crippen LogP contribution in [0, 0.1) is 0 Å². The van der Waals surface area contributed by atoms with Crippen molar-refractivity contribution in [1.29, 1.82) is 0 Å². The first kappa shape index (κ1) is 72.3. The van der Waals surface area contributed by atoms with Crippen LogP contribution in [0.1, 0.15) is 373 Å². The van der Waals surface area contributed by atoms with E-state index in [0.717, 1.165) is 44.9 Å². The number of aliphatic hydroxyl groups excluding tert-OH is 2. The van der Waals surface area contributed by atoms with Crippen molar-refractivity contribution in [3.63, 3.8) is 0 Å². The summed E-state index contributed by atoms with van der Waals surface area (Å²) < 4.78 is 5.49. The zero-order valence-electron chi connectivity index (χ0n) is 50.1. The molecule has 0 radical (unpaired) electrons. The Balaban J connectivity index is 3.41. The highest BCUT2D eigenvalue weighted by Crippen LogP contribution is 2.18. The Hall–Kier alpha value is -1.66. The number of esters is 1. The molecule has 74 heavy (non-hydrogen) atoms. The minimum Gasteiger partial charge on any atom is -0.466 e. The van der Waals surface area contributed by atoms with Gasteiger partial charge in [-0.25, -0.2) is 0 Å². The summed E-state index contributed by atoms with van der Waals surface area (Å²) >= 11 is 0. The van der Waals surface area contributed by atoms with Crippen molar-refractivity contribution in [2.45, 2.75) is 386 Å². The molecule has 0 spiro atoms. The van der Waals surface area contributed by atoms with Gasteiger partial charge in [0.05, 0.1) is 25.4 Å². The van der Waals surface area contributed by atoms with Crippen LogP contribution in [-0.4, -0.2) is 47.4 Å². The first-order chi connectivity index (χ1) is 36.5. The van der Waals surface area contributed by atoms with E-state index in [2.05, 4.69) is 31.3 Å². The van der Waals surface area contributed by atoms with E-state index in [4.69, 9.17) is 4.74 Å². The molecular formula is C68H131NO5. The minimum atomic E-state index is -0.846. The van der Waals surface area contributed by atoms with Crippen LogP contribution in [0.15, 0.2) is 24.3 Å². The monoisotopic (exact) mass is 1040 g/mol. The van der Waals surface area contributed by atoms with E-state index in [0.29, 0.717) is 19.4 Å². The number of amides is 1. The molecule has 2 unspecified atom stereocenters. The maximum Gasteiger partial charge on any atom is 0.305 e. The number of rotatable bonds is 63. The molecule has 0 saturated carbocycles. The standard InChI is InChI=1S/C68H131NO5/c1-3-5-7-9-11-13-15-17-19-21-22-26-29-32-36-40-44-48-52-56-60-66(71)65(64-70)69-67(72)61-57-53-49-45-41-37-33-30-27-24-23-25-28-31-35-39-43-47-51-55-59-63-74-68(73)62-58-54-50-46-42-38-34-20-18-16-14-12-10-8-6-4-2/h20,34,56,60,65-66,70-71H,3-19,21-33,35-55,57-59,61-64H2,1-2H3,(H,69,72)/b34-20-,60-56+. The fourth-order valence-electron chi connectivity index (χ4n) is 10.6. The third kappa shape index (κ3) is 59.6. The van der Waals surface area contributed by atoms with E-state index in [1.807, 2.05) is 6.08 Å². The molecule has 438 valence electrons. The van der Waals surface area contributed by atoms with E-state index >= 15 is 0 Å². The molecule has 1 amide bonds. The normalized spacial score (nSPS) is 12.6. The number of ether oxygens (including phenoxy) is 1. The first-order valence-electron chi connectivity index (χ1n) is 33.6. The maximum atomic E-state index is 12.5. The zero-order chi connectivity index (χ0) is 53.6. The van der Waals surface area contributed by atoms with Crippen molar-refractivity contribution >= 4 is 11.9 Å². The van der Waals surface area contributed by atoms with Crippen molar-refractivity contribution in [3.8, 4) is 0 Å². The Morgan fingerprint density at radius 3 is 0.959 bits per heavy atom. The number of nitrogens with one attached hydrogen (secondary N) is 1. The van der Waals surface area contributed by atoms with Crippen LogP contribution in [0.2, 0.25) is 0 Å². The Morgan fingerprint density at radius 1 is 0.365 bits per heavy atom. The van der Waals surface area contributed by atoms with Crippen LogP contribution in [-0.2, 0) is 14.3 Å². The second-order valence-corrected chi connectivity index (χ2v) is 23.2. The molecule has 0 saturated heterocycles. The van der Waals surface area contributed by atoms with Crippen molar-refractivity contribution in [2.24, 2.45) is 0 Å². The lowest BCUT2D eigenvalue weighted by molar-refractivity contribution is -0.143. The molecule has 2 atom stereocenters. The van der Waals surface area contributed by atoms with Crippen LogP contribution >= 0.6 is 0 Å². The van der Waals surface area contributed by atoms with Gasteiger partial charge >= 0.3 is 5.97 Å². The smallest absolute Gasteiger partial charge is 0.305 e. The average molecular weight is 1040 g/mol. The number of hydrogen-bond acceptors (Lipinski definition) is 5. The summed E-state index contributed by atoms with van der Waals surface area (Å²) in [5, 5.41) is 23.2. The Morgan fingerprint density at radius 2 is 0.635 bits per heavy atom. The molecule has 0 aromatic rings. The van der Waals surface area contributed by atoms with Gasteiger partial charge in [0.25, 0.3) is 0 Å². The zero-order valence-corrected chi connectivity index (χ0v) is 50.1. The van der Waals surface area contributed by atoms with Gasteiger partial charge < -0.3 is 20.3 Å². The van der Waals surface area contributed by atoms with Crippen molar-refractivity contribution in [3.05, 3.63) is 24.3 Å². The topological polar surface area (TPSA) is 95.9 Å². The molecule has 0 rings (SSSR count). The second-order valence-electron chi connectivity index (χ2n) is 23.2. The number of aliphatic hydroxyl groups is 2. The van der Waals surface area contributed by atoms with E-state index in [9.17, 15) is 19.8 Å². The van der Waals surface area contributed by atoms with E-state index in [1.165, 1.54) is 302 Å². The fraction of sp³-hybridized carbons (Fsp3) is 0.912. The van der Waals surface area contributed by atoms with E-state index in [1.54, 1.807) is 6.08 Å². The van der Waals surface area contributed by atoms with Gasteiger partial charge in [0, 0.05) is 12.8 Å². The van der Waals surface area contributed by atoms with Gasteiger partial charge in [0.2, 0.25) is 5.91 Å². The molecule has 0 aromatic carbocycles. The van der Waals surface area contributed by atoms with Crippen LogP contribution < -0.4 is 5.32 Å². The lowest BCUT2D eigenvalue weighted by Gasteiger charge is -2.20. The Labute approximate surface area is 462 Å². The lowest BCUT2D eigenvalue weighted by atomic mass is 10.0. The van der Waals surface area contributed by atoms with Gasteiger partial charge in [0.1, 0.15) is 0 Å². The van der Waals surface area contributed by atoms with Crippen molar-refractivity contribution < 1.29 is 24.5 Å². The van der Waals surface area contributed by atoms with Crippen LogP contribution in [0.5, 0.6) is 0 Å². The van der Waals surface area contributed by atoms with Gasteiger partial charge in [0.15, 0.2) is 0 Å². The largest absolute Gasteiger partial charge is 0.466 e. The maximum absolute atomic E-state index is 12.5. The number of carbonyl (C=O) groups is 2. The second kappa shape index (κ2) is 63.9.